The minimum Gasteiger partial charge on any atom is -0.493 e. The molecule has 6 nitrogen and oxygen atoms in total. The summed E-state index contributed by atoms with van der Waals surface area (Å²) in [5.74, 6) is 0.414. The highest BCUT2D eigenvalue weighted by Gasteiger charge is 2.32. The first-order valence-electron chi connectivity index (χ1n) is 12.7. The van der Waals surface area contributed by atoms with Crippen LogP contribution in [-0.4, -0.2) is 17.1 Å². The lowest BCUT2D eigenvalue weighted by molar-refractivity contribution is -0.113. The maximum absolute atomic E-state index is 13.8. The number of nitrogens with one attached hydrogen (secondary N) is 1. The number of amides is 1. The maximum atomic E-state index is 13.8. The topological polar surface area (TPSA) is 72.7 Å². The molecule has 0 bridgehead atoms. The number of fused-ring (bicyclic) bond motifs is 1. The number of hydrogen-bond donors (Lipinski definition) is 1. The first-order chi connectivity index (χ1) is 18.8. The Hall–Kier alpha value is -4.30. The predicted molar refractivity (Wildman–Crippen MR) is 152 cm³/mol. The molecule has 8 heteroatoms. The van der Waals surface area contributed by atoms with E-state index < -0.39 is 11.9 Å². The van der Waals surface area contributed by atoms with Crippen LogP contribution in [0.2, 0.25) is 0 Å². The second-order valence-corrected chi connectivity index (χ2v) is 10.7. The van der Waals surface area contributed by atoms with Gasteiger partial charge in [0.15, 0.2) is 4.80 Å². The third-order valence-electron chi connectivity index (χ3n) is 6.24. The molecule has 1 atom stereocenters. The van der Waals surface area contributed by atoms with Gasteiger partial charge in [0.05, 0.1) is 28.5 Å². The van der Waals surface area contributed by atoms with Crippen LogP contribution in [0.4, 0.5) is 10.1 Å². The van der Waals surface area contributed by atoms with E-state index in [9.17, 15) is 14.0 Å². The molecule has 3 aromatic carbocycles. The van der Waals surface area contributed by atoms with Gasteiger partial charge in [0, 0.05) is 5.69 Å². The van der Waals surface area contributed by atoms with Gasteiger partial charge in [-0.2, -0.15) is 0 Å². The molecular weight excluding hydrogens is 513 g/mol. The van der Waals surface area contributed by atoms with Gasteiger partial charge in [0.25, 0.3) is 11.5 Å². The lowest BCUT2D eigenvalue weighted by Gasteiger charge is -2.25. The first-order valence-corrected chi connectivity index (χ1v) is 13.5. The number of anilines is 1. The van der Waals surface area contributed by atoms with E-state index >= 15 is 0 Å². The van der Waals surface area contributed by atoms with Crippen LogP contribution in [0.15, 0.2) is 99.9 Å². The van der Waals surface area contributed by atoms with Crippen LogP contribution in [-0.2, 0) is 4.79 Å². The van der Waals surface area contributed by atoms with Gasteiger partial charge in [-0.05, 0) is 66.4 Å². The number of allylic oxidation sites excluding steroid dienone is 1. The molecule has 4 aromatic rings. The van der Waals surface area contributed by atoms with Crippen molar-refractivity contribution in [3.63, 3.8) is 0 Å². The Morgan fingerprint density at radius 2 is 1.77 bits per heavy atom. The van der Waals surface area contributed by atoms with E-state index in [2.05, 4.69) is 24.2 Å². The standard InChI is InChI=1S/C31H28FN3O3S/c1-19(2)18-38-25-15-9-21(10-16-25)17-26-30(37)35-28(22-11-13-23(32)14-12-22)27(20(3)33-31(35)39-26)29(36)34-24-7-5-4-6-8-24/h4-17,19,28H,18H2,1-3H3,(H,34,36)/b26-17+/t28-/m1/s1. The highest BCUT2D eigenvalue weighted by Crippen LogP contribution is 2.31. The van der Waals surface area contributed by atoms with E-state index in [4.69, 9.17) is 4.74 Å². The second kappa shape index (κ2) is 11.2. The minimum absolute atomic E-state index is 0.272. The van der Waals surface area contributed by atoms with E-state index in [1.54, 1.807) is 37.3 Å². The number of carbonyl (C=O) groups excluding carboxylic acids is 1. The summed E-state index contributed by atoms with van der Waals surface area (Å²) in [6, 6.07) is 21.7. The number of aromatic nitrogens is 1. The Labute approximate surface area is 229 Å². The zero-order chi connectivity index (χ0) is 27.5. The normalized spacial score (nSPS) is 15.2. The van der Waals surface area contributed by atoms with Crippen molar-refractivity contribution in [1.82, 2.24) is 4.57 Å². The van der Waals surface area contributed by atoms with Gasteiger partial charge in [0.2, 0.25) is 0 Å². The fourth-order valence-corrected chi connectivity index (χ4v) is 5.41. The zero-order valence-corrected chi connectivity index (χ0v) is 22.7. The van der Waals surface area contributed by atoms with Crippen molar-refractivity contribution in [1.29, 1.82) is 0 Å². The Balaban J connectivity index is 1.57. The smallest absolute Gasteiger partial charge is 0.271 e. The van der Waals surface area contributed by atoms with Crippen LogP contribution < -0.4 is 24.9 Å². The lowest BCUT2D eigenvalue weighted by atomic mass is 9.95. The summed E-state index contributed by atoms with van der Waals surface area (Å²) in [6.45, 7) is 6.56. The minimum atomic E-state index is -0.764. The molecular formula is C31H28FN3O3S. The fraction of sp³-hybridized carbons (Fsp3) is 0.194. The molecule has 1 aromatic heterocycles. The van der Waals surface area contributed by atoms with E-state index in [0.29, 0.717) is 44.4 Å². The SMILES string of the molecule is CC1=C(C(=O)Nc2ccccc2)[C@@H](c2ccc(F)cc2)n2c(s/c(=C/c3ccc(OCC(C)C)cc3)c2=O)=N1. The van der Waals surface area contributed by atoms with Gasteiger partial charge < -0.3 is 10.1 Å². The molecule has 0 fully saturated rings. The fourth-order valence-electron chi connectivity index (χ4n) is 4.37. The van der Waals surface area contributed by atoms with Crippen molar-refractivity contribution in [2.45, 2.75) is 26.8 Å². The maximum Gasteiger partial charge on any atom is 0.271 e. The van der Waals surface area contributed by atoms with Crippen LogP contribution in [0.1, 0.15) is 37.9 Å². The van der Waals surface area contributed by atoms with E-state index in [1.165, 1.54) is 28.0 Å². The molecule has 5 rings (SSSR count). The number of nitrogens with zero attached hydrogens (tertiary/aromatic N) is 2. The number of benzene rings is 3. The molecule has 1 N–H and O–H groups in total. The molecule has 0 saturated carbocycles. The zero-order valence-electron chi connectivity index (χ0n) is 21.9. The number of rotatable bonds is 7. The monoisotopic (exact) mass is 541 g/mol. The number of para-hydroxylation sites is 1. The van der Waals surface area contributed by atoms with Crippen molar-refractivity contribution >= 4 is 29.0 Å². The first kappa shape index (κ1) is 26.3. The number of hydrogen-bond acceptors (Lipinski definition) is 5. The largest absolute Gasteiger partial charge is 0.493 e. The molecule has 0 radical (unpaired) electrons. The lowest BCUT2D eigenvalue weighted by Crippen LogP contribution is -2.40. The highest BCUT2D eigenvalue weighted by atomic mass is 32.1. The van der Waals surface area contributed by atoms with E-state index in [-0.39, 0.29) is 11.5 Å². The van der Waals surface area contributed by atoms with E-state index in [1.807, 2.05) is 42.5 Å². The van der Waals surface area contributed by atoms with E-state index in [0.717, 1.165) is 11.3 Å². The molecule has 1 aliphatic rings. The summed E-state index contributed by atoms with van der Waals surface area (Å²) < 4.78 is 21.6. The van der Waals surface area contributed by atoms with Crippen LogP contribution >= 0.6 is 11.3 Å². The average Bonchev–Trinajstić information content (AvgIpc) is 3.22. The Morgan fingerprint density at radius 1 is 1.08 bits per heavy atom. The van der Waals surface area contributed by atoms with Gasteiger partial charge >= 0.3 is 0 Å². The quantitative estimate of drug-likeness (QED) is 0.356. The molecule has 39 heavy (non-hydrogen) atoms. The Bertz CT molecular complexity index is 1700. The van der Waals surface area contributed by atoms with Gasteiger partial charge in [-0.3, -0.25) is 14.2 Å². The van der Waals surface area contributed by atoms with Gasteiger partial charge in [-0.15, -0.1) is 0 Å². The van der Waals surface area contributed by atoms with Crippen molar-refractivity contribution in [3.05, 3.63) is 127 Å². The summed E-state index contributed by atoms with van der Waals surface area (Å²) in [5, 5.41) is 2.91. The van der Waals surface area contributed by atoms with Gasteiger partial charge in [0.1, 0.15) is 11.6 Å². The number of ether oxygens (including phenoxy) is 1. The van der Waals surface area contributed by atoms with Crippen LogP contribution in [0, 0.1) is 11.7 Å². The third kappa shape index (κ3) is 5.76. The van der Waals surface area contributed by atoms with Gasteiger partial charge in [-0.1, -0.05) is 67.6 Å². The van der Waals surface area contributed by atoms with Crippen molar-refractivity contribution in [2.75, 3.05) is 11.9 Å². The molecule has 0 aliphatic carbocycles. The Kier molecular flexibility index (Phi) is 7.56. The number of thiazole rings is 1. The van der Waals surface area contributed by atoms with Gasteiger partial charge in [-0.25, -0.2) is 9.38 Å². The predicted octanol–water partition coefficient (Wildman–Crippen LogP) is 5.05. The number of halogens is 1. The summed E-state index contributed by atoms with van der Waals surface area (Å²) >= 11 is 1.26. The van der Waals surface area contributed by atoms with Crippen LogP contribution in [0.5, 0.6) is 5.75 Å². The summed E-state index contributed by atoms with van der Waals surface area (Å²) in [7, 11) is 0. The second-order valence-electron chi connectivity index (χ2n) is 9.73. The summed E-state index contributed by atoms with van der Waals surface area (Å²) in [4.78, 5) is 32.4. The van der Waals surface area contributed by atoms with Crippen molar-refractivity contribution in [3.8, 4) is 5.75 Å². The number of carbonyl (C=O) groups is 1. The molecule has 1 aliphatic heterocycles. The highest BCUT2D eigenvalue weighted by molar-refractivity contribution is 7.07. The van der Waals surface area contributed by atoms with Crippen LogP contribution in [0.25, 0.3) is 6.08 Å². The molecule has 198 valence electrons. The third-order valence-corrected chi connectivity index (χ3v) is 7.23. The van der Waals surface area contributed by atoms with Crippen molar-refractivity contribution in [2.24, 2.45) is 10.9 Å². The van der Waals surface area contributed by atoms with Crippen molar-refractivity contribution < 1.29 is 13.9 Å². The summed E-state index contributed by atoms with van der Waals surface area (Å²) in [6.07, 6.45) is 1.81. The Morgan fingerprint density at radius 3 is 2.44 bits per heavy atom. The molecule has 0 saturated heterocycles. The summed E-state index contributed by atoms with van der Waals surface area (Å²) in [5.41, 5.74) is 2.63. The molecule has 1 amide bonds. The average molecular weight is 542 g/mol. The molecule has 0 spiro atoms. The molecule has 2 heterocycles. The van der Waals surface area contributed by atoms with Crippen LogP contribution in [0.3, 0.4) is 0 Å². The molecule has 0 unspecified atom stereocenters.